The highest BCUT2D eigenvalue weighted by Crippen LogP contribution is 2.21. The van der Waals surface area contributed by atoms with Crippen LogP contribution in [0.3, 0.4) is 0 Å². The van der Waals surface area contributed by atoms with Gasteiger partial charge in [0, 0.05) is 38.1 Å². The molecule has 168 valence electrons. The van der Waals surface area contributed by atoms with Crippen LogP contribution in [0.5, 0.6) is 0 Å². The van der Waals surface area contributed by atoms with E-state index in [-0.39, 0.29) is 22.2 Å². The van der Waals surface area contributed by atoms with Crippen molar-refractivity contribution in [3.8, 4) is 0 Å². The van der Waals surface area contributed by atoms with Gasteiger partial charge in [0.1, 0.15) is 0 Å². The molecule has 2 aromatic carbocycles. The fourth-order valence-corrected chi connectivity index (χ4v) is 5.53. The second kappa shape index (κ2) is 9.07. The van der Waals surface area contributed by atoms with Crippen molar-refractivity contribution in [2.75, 3.05) is 44.3 Å². The second-order valence-corrected chi connectivity index (χ2v) is 11.7. The summed E-state index contributed by atoms with van der Waals surface area (Å²) in [4.78, 5) is 14.7. The zero-order valence-electron chi connectivity index (χ0n) is 17.8. The monoisotopic (exact) mass is 465 g/mol. The quantitative estimate of drug-likeness (QED) is 0.696. The van der Waals surface area contributed by atoms with Crippen molar-refractivity contribution in [2.24, 2.45) is 0 Å². The molecule has 1 aliphatic rings. The minimum absolute atomic E-state index is 0.0978. The van der Waals surface area contributed by atoms with Gasteiger partial charge in [0.05, 0.1) is 16.3 Å². The van der Waals surface area contributed by atoms with E-state index >= 15 is 0 Å². The fraction of sp³-hybridized carbons (Fsp3) is 0.381. The lowest BCUT2D eigenvalue weighted by atomic mass is 10.1. The van der Waals surface area contributed by atoms with E-state index in [1.54, 1.807) is 24.3 Å². The second-order valence-electron chi connectivity index (χ2n) is 7.77. The molecule has 0 aliphatic carbocycles. The van der Waals surface area contributed by atoms with Gasteiger partial charge < -0.3 is 5.32 Å². The van der Waals surface area contributed by atoms with Gasteiger partial charge in [-0.05, 0) is 55.3 Å². The summed E-state index contributed by atoms with van der Waals surface area (Å²) in [6.45, 7) is 5.38. The molecule has 0 radical (unpaired) electrons. The highest BCUT2D eigenvalue weighted by molar-refractivity contribution is 7.90. The van der Waals surface area contributed by atoms with Crippen LogP contribution in [0.25, 0.3) is 0 Å². The zero-order chi connectivity index (χ0) is 22.8. The van der Waals surface area contributed by atoms with E-state index in [0.29, 0.717) is 31.9 Å². The molecule has 0 spiro atoms. The van der Waals surface area contributed by atoms with E-state index < -0.39 is 19.9 Å². The Balaban J connectivity index is 1.57. The molecule has 8 nitrogen and oxygen atoms in total. The first-order chi connectivity index (χ1) is 14.5. The summed E-state index contributed by atoms with van der Waals surface area (Å²) in [5.41, 5.74) is 2.37. The molecule has 1 aliphatic heterocycles. The Bertz CT molecular complexity index is 1190. The number of amides is 1. The largest absolute Gasteiger partial charge is 0.325 e. The van der Waals surface area contributed by atoms with Crippen molar-refractivity contribution in [1.29, 1.82) is 0 Å². The molecule has 0 aromatic heterocycles. The SMILES string of the molecule is Cc1ccc(S(=O)(=O)N2CCN(CC(=O)Nc3cccc(S(C)(=O)=O)c3)CC2)cc1C. The molecule has 1 amide bonds. The highest BCUT2D eigenvalue weighted by Gasteiger charge is 2.29. The molecule has 0 unspecified atom stereocenters. The zero-order valence-corrected chi connectivity index (χ0v) is 19.5. The average Bonchev–Trinajstić information content (AvgIpc) is 2.70. The topological polar surface area (TPSA) is 104 Å². The summed E-state index contributed by atoms with van der Waals surface area (Å²) in [7, 11) is -6.93. The van der Waals surface area contributed by atoms with Crippen molar-refractivity contribution in [3.05, 3.63) is 53.6 Å². The molecule has 1 N–H and O–H groups in total. The Hall–Kier alpha value is -2.27. The van der Waals surface area contributed by atoms with Crippen molar-refractivity contribution in [1.82, 2.24) is 9.21 Å². The van der Waals surface area contributed by atoms with E-state index in [1.165, 1.54) is 16.4 Å². The molecular formula is C21H27N3O5S2. The van der Waals surface area contributed by atoms with Gasteiger partial charge >= 0.3 is 0 Å². The van der Waals surface area contributed by atoms with E-state index in [9.17, 15) is 21.6 Å². The molecule has 3 rings (SSSR count). The summed E-state index contributed by atoms with van der Waals surface area (Å²) in [5, 5.41) is 2.70. The van der Waals surface area contributed by atoms with Crippen molar-refractivity contribution >= 4 is 31.5 Å². The first-order valence-corrected chi connectivity index (χ1v) is 13.2. The molecule has 0 saturated carbocycles. The van der Waals surface area contributed by atoms with E-state index in [0.717, 1.165) is 17.4 Å². The number of carbonyl (C=O) groups is 1. The number of nitrogens with zero attached hydrogens (tertiary/aromatic N) is 2. The van der Waals surface area contributed by atoms with Crippen molar-refractivity contribution in [3.63, 3.8) is 0 Å². The number of nitrogens with one attached hydrogen (secondary N) is 1. The normalized spacial score (nSPS) is 16.2. The van der Waals surface area contributed by atoms with Gasteiger partial charge in [0.15, 0.2) is 9.84 Å². The van der Waals surface area contributed by atoms with Crippen LogP contribution in [-0.2, 0) is 24.7 Å². The maximum Gasteiger partial charge on any atom is 0.243 e. The Labute approximate surface area is 183 Å². The van der Waals surface area contributed by atoms with E-state index in [2.05, 4.69) is 5.32 Å². The summed E-state index contributed by atoms with van der Waals surface area (Å²) in [6, 6.07) is 11.2. The molecule has 0 bridgehead atoms. The van der Waals surface area contributed by atoms with Crippen LogP contribution in [-0.4, -0.2) is 70.9 Å². The van der Waals surface area contributed by atoms with E-state index in [4.69, 9.17) is 0 Å². The fourth-order valence-electron chi connectivity index (χ4n) is 3.36. The summed E-state index contributed by atoms with van der Waals surface area (Å²) >= 11 is 0. The Morgan fingerprint density at radius 3 is 2.19 bits per heavy atom. The molecule has 0 atom stereocenters. The molecular weight excluding hydrogens is 438 g/mol. The van der Waals surface area contributed by atoms with Gasteiger partial charge in [0.25, 0.3) is 0 Å². The average molecular weight is 466 g/mol. The molecule has 1 heterocycles. The van der Waals surface area contributed by atoms with Gasteiger partial charge in [-0.3, -0.25) is 9.69 Å². The molecule has 2 aromatic rings. The number of sulfonamides is 1. The molecule has 10 heteroatoms. The minimum atomic E-state index is -3.57. The van der Waals surface area contributed by atoms with Crippen LogP contribution >= 0.6 is 0 Å². The number of carbonyl (C=O) groups excluding carboxylic acids is 1. The van der Waals surface area contributed by atoms with Crippen molar-refractivity contribution < 1.29 is 21.6 Å². The first-order valence-electron chi connectivity index (χ1n) is 9.86. The number of rotatable bonds is 6. The Morgan fingerprint density at radius 1 is 0.903 bits per heavy atom. The smallest absolute Gasteiger partial charge is 0.243 e. The predicted octanol–water partition coefficient (Wildman–Crippen LogP) is 1.65. The highest BCUT2D eigenvalue weighted by atomic mass is 32.2. The maximum absolute atomic E-state index is 12.9. The molecule has 31 heavy (non-hydrogen) atoms. The minimum Gasteiger partial charge on any atom is -0.325 e. The lowest BCUT2D eigenvalue weighted by molar-refractivity contribution is -0.117. The van der Waals surface area contributed by atoms with Gasteiger partial charge in [-0.1, -0.05) is 12.1 Å². The van der Waals surface area contributed by atoms with Gasteiger partial charge in [-0.2, -0.15) is 4.31 Å². The molecule has 1 saturated heterocycles. The number of anilines is 1. The Kier molecular flexibility index (Phi) is 6.85. The maximum atomic E-state index is 12.9. The number of benzene rings is 2. The lowest BCUT2D eigenvalue weighted by Gasteiger charge is -2.33. The third kappa shape index (κ3) is 5.70. The third-order valence-electron chi connectivity index (χ3n) is 5.36. The number of sulfone groups is 1. The lowest BCUT2D eigenvalue weighted by Crippen LogP contribution is -2.50. The summed E-state index contributed by atoms with van der Waals surface area (Å²) in [6.07, 6.45) is 1.11. The standard InChI is InChI=1S/C21H27N3O5S2/c1-16-7-8-20(13-17(16)2)31(28,29)24-11-9-23(10-12-24)15-21(25)22-18-5-4-6-19(14-18)30(3,26)27/h4-8,13-14H,9-12,15H2,1-3H3,(H,22,25). The van der Waals surface area contributed by atoms with Gasteiger partial charge in [-0.25, -0.2) is 16.8 Å². The van der Waals surface area contributed by atoms with Crippen LogP contribution < -0.4 is 5.32 Å². The number of hydrogen-bond acceptors (Lipinski definition) is 6. The van der Waals surface area contributed by atoms with Crippen LogP contribution in [0.15, 0.2) is 52.3 Å². The van der Waals surface area contributed by atoms with Crippen LogP contribution in [0.1, 0.15) is 11.1 Å². The number of aryl methyl sites for hydroxylation is 2. The summed E-state index contributed by atoms with van der Waals surface area (Å²) < 4.78 is 50.6. The van der Waals surface area contributed by atoms with Crippen LogP contribution in [0, 0.1) is 13.8 Å². The number of hydrogen-bond donors (Lipinski definition) is 1. The van der Waals surface area contributed by atoms with E-state index in [1.807, 2.05) is 24.8 Å². The predicted molar refractivity (Wildman–Crippen MR) is 119 cm³/mol. The van der Waals surface area contributed by atoms with Crippen LogP contribution in [0.2, 0.25) is 0 Å². The van der Waals surface area contributed by atoms with Gasteiger partial charge in [-0.15, -0.1) is 0 Å². The first kappa shape index (κ1) is 23.4. The Morgan fingerprint density at radius 2 is 1.58 bits per heavy atom. The van der Waals surface area contributed by atoms with Crippen LogP contribution in [0.4, 0.5) is 5.69 Å². The third-order valence-corrected chi connectivity index (χ3v) is 8.37. The van der Waals surface area contributed by atoms with Gasteiger partial charge in [0.2, 0.25) is 15.9 Å². The molecule has 1 fully saturated rings. The van der Waals surface area contributed by atoms with Crippen molar-refractivity contribution in [2.45, 2.75) is 23.6 Å². The summed E-state index contributed by atoms with van der Waals surface area (Å²) in [5.74, 6) is -0.281. The number of piperazine rings is 1.